The Balaban J connectivity index is 1.87. The maximum atomic E-state index is 3.91. The molecular formula is C27H41N3. The molecular weight excluding hydrogens is 366 g/mol. The fourth-order valence-corrected chi connectivity index (χ4v) is 3.88. The normalized spacial score (nSPS) is 11.3. The van der Waals surface area contributed by atoms with Crippen LogP contribution in [0.25, 0.3) is 0 Å². The molecule has 2 aromatic carbocycles. The van der Waals surface area contributed by atoms with E-state index in [-0.39, 0.29) is 0 Å². The van der Waals surface area contributed by atoms with Gasteiger partial charge in [0.25, 0.3) is 0 Å². The lowest BCUT2D eigenvalue weighted by molar-refractivity contribution is 0.222. The highest BCUT2D eigenvalue weighted by Crippen LogP contribution is 2.16. The van der Waals surface area contributed by atoms with Gasteiger partial charge in [-0.05, 0) is 94.2 Å². The average Bonchev–Trinajstić information content (AvgIpc) is 2.71. The molecule has 0 spiro atoms. The smallest absolute Gasteiger partial charge is 0.0381 e. The van der Waals surface area contributed by atoms with Crippen molar-refractivity contribution < 1.29 is 0 Å². The monoisotopic (exact) mass is 407 g/mol. The van der Waals surface area contributed by atoms with E-state index < -0.39 is 0 Å². The Morgan fingerprint density at radius 2 is 1.60 bits per heavy atom. The van der Waals surface area contributed by atoms with Crippen molar-refractivity contribution in [3.8, 4) is 0 Å². The van der Waals surface area contributed by atoms with Crippen LogP contribution < -0.4 is 5.32 Å². The summed E-state index contributed by atoms with van der Waals surface area (Å²) in [5, 5.41) is 3.28. The second-order valence-corrected chi connectivity index (χ2v) is 8.46. The first-order valence-corrected chi connectivity index (χ1v) is 11.4. The Morgan fingerprint density at radius 1 is 0.900 bits per heavy atom. The third-order valence-electron chi connectivity index (χ3n) is 5.76. The van der Waals surface area contributed by atoms with Crippen molar-refractivity contribution in [2.24, 2.45) is 0 Å². The molecule has 0 aromatic heterocycles. The molecule has 3 heteroatoms. The highest BCUT2D eigenvalue weighted by atomic mass is 15.1. The van der Waals surface area contributed by atoms with Crippen molar-refractivity contribution in [1.29, 1.82) is 0 Å². The van der Waals surface area contributed by atoms with Gasteiger partial charge in [-0.15, -0.1) is 0 Å². The van der Waals surface area contributed by atoms with Crippen LogP contribution in [0.5, 0.6) is 0 Å². The minimum atomic E-state index is 0.969. The molecule has 0 bridgehead atoms. The average molecular weight is 408 g/mol. The third-order valence-corrected chi connectivity index (χ3v) is 5.76. The molecule has 0 aliphatic rings. The molecule has 164 valence electrons. The molecule has 0 aliphatic heterocycles. The van der Waals surface area contributed by atoms with Crippen LogP contribution in [0.4, 0.5) is 5.69 Å². The van der Waals surface area contributed by atoms with Crippen molar-refractivity contribution in [2.75, 3.05) is 31.5 Å². The summed E-state index contributed by atoms with van der Waals surface area (Å²) in [5.41, 5.74) is 7.74. The van der Waals surface area contributed by atoms with E-state index in [9.17, 15) is 0 Å². The molecule has 0 radical (unpaired) electrons. The summed E-state index contributed by atoms with van der Waals surface area (Å²) in [5.74, 6) is 0. The quantitative estimate of drug-likeness (QED) is 0.416. The van der Waals surface area contributed by atoms with Crippen LogP contribution in [0.3, 0.4) is 0 Å². The molecule has 2 rings (SSSR count). The Kier molecular flexibility index (Phi) is 10.1. The number of nitrogens with zero attached hydrogens (tertiary/aromatic N) is 2. The molecule has 0 heterocycles. The maximum absolute atomic E-state index is 3.91. The fraction of sp³-hybridized carbons (Fsp3) is 0.481. The Hall–Kier alpha value is -2.10. The topological polar surface area (TPSA) is 18.5 Å². The van der Waals surface area contributed by atoms with Crippen LogP contribution >= 0.6 is 0 Å². The minimum Gasteiger partial charge on any atom is -0.360 e. The van der Waals surface area contributed by atoms with Gasteiger partial charge in [0.1, 0.15) is 0 Å². The lowest BCUT2D eigenvalue weighted by Gasteiger charge is -2.26. The largest absolute Gasteiger partial charge is 0.360 e. The third kappa shape index (κ3) is 7.97. The van der Waals surface area contributed by atoms with Crippen LogP contribution in [0, 0.1) is 13.8 Å². The summed E-state index contributed by atoms with van der Waals surface area (Å²) in [6.07, 6.45) is 2.39. The molecule has 0 saturated heterocycles. The van der Waals surface area contributed by atoms with Gasteiger partial charge in [0, 0.05) is 24.5 Å². The Bertz CT molecular complexity index is 779. The summed E-state index contributed by atoms with van der Waals surface area (Å²) in [6, 6.07) is 15.4. The predicted octanol–water partition coefficient (Wildman–Crippen LogP) is 6.37. The van der Waals surface area contributed by atoms with E-state index in [2.05, 4.69) is 91.9 Å². The number of benzene rings is 2. The van der Waals surface area contributed by atoms with Crippen molar-refractivity contribution in [3.05, 3.63) is 77.0 Å². The molecule has 0 fully saturated rings. The number of anilines is 1. The molecule has 0 unspecified atom stereocenters. The van der Waals surface area contributed by atoms with Crippen molar-refractivity contribution in [3.63, 3.8) is 0 Å². The standard InChI is InChI=1S/C27H41N3/c1-7-17-30(20-25-13-15-27(16-14-25)28-22(3)4)19-10-18-29(8-2)21-26-12-9-11-23(5)24(26)6/h9,11-16,28H,3,7-8,10,17-21H2,1-2,4-6H3. The second kappa shape index (κ2) is 12.6. The van der Waals surface area contributed by atoms with Crippen LogP contribution in [0.15, 0.2) is 54.7 Å². The van der Waals surface area contributed by atoms with Crippen LogP contribution in [0.2, 0.25) is 0 Å². The summed E-state index contributed by atoms with van der Waals surface area (Å²) >= 11 is 0. The minimum absolute atomic E-state index is 0.969. The summed E-state index contributed by atoms with van der Waals surface area (Å²) in [4.78, 5) is 5.16. The second-order valence-electron chi connectivity index (χ2n) is 8.46. The van der Waals surface area contributed by atoms with Crippen LogP contribution in [0.1, 0.15) is 55.9 Å². The van der Waals surface area contributed by atoms with Gasteiger partial charge in [-0.1, -0.05) is 50.8 Å². The van der Waals surface area contributed by atoms with Gasteiger partial charge >= 0.3 is 0 Å². The Morgan fingerprint density at radius 3 is 2.23 bits per heavy atom. The summed E-state index contributed by atoms with van der Waals surface area (Å²) < 4.78 is 0. The van der Waals surface area contributed by atoms with E-state index in [0.29, 0.717) is 0 Å². The molecule has 0 saturated carbocycles. The number of nitrogens with one attached hydrogen (secondary N) is 1. The molecule has 30 heavy (non-hydrogen) atoms. The van der Waals surface area contributed by atoms with Gasteiger partial charge in [-0.2, -0.15) is 0 Å². The van der Waals surface area contributed by atoms with E-state index in [4.69, 9.17) is 0 Å². The molecule has 1 N–H and O–H groups in total. The van der Waals surface area contributed by atoms with Gasteiger partial charge in [-0.3, -0.25) is 9.80 Å². The van der Waals surface area contributed by atoms with E-state index in [1.54, 1.807) is 0 Å². The maximum Gasteiger partial charge on any atom is 0.0381 e. The SMILES string of the molecule is C=C(C)Nc1ccc(CN(CCC)CCCN(CC)Cc2cccc(C)c2C)cc1. The van der Waals surface area contributed by atoms with Crippen molar-refractivity contribution in [2.45, 2.75) is 60.5 Å². The van der Waals surface area contributed by atoms with Crippen LogP contribution in [-0.2, 0) is 13.1 Å². The number of rotatable bonds is 13. The number of hydrogen-bond acceptors (Lipinski definition) is 3. The zero-order valence-electron chi connectivity index (χ0n) is 19.8. The van der Waals surface area contributed by atoms with E-state index in [1.165, 1.54) is 35.1 Å². The van der Waals surface area contributed by atoms with Gasteiger partial charge in [-0.25, -0.2) is 0 Å². The zero-order valence-corrected chi connectivity index (χ0v) is 19.8. The van der Waals surface area contributed by atoms with Gasteiger partial charge < -0.3 is 5.32 Å². The van der Waals surface area contributed by atoms with Crippen molar-refractivity contribution >= 4 is 5.69 Å². The summed E-state index contributed by atoms with van der Waals surface area (Å²) in [7, 11) is 0. The van der Waals surface area contributed by atoms with E-state index >= 15 is 0 Å². The molecule has 0 atom stereocenters. The van der Waals surface area contributed by atoms with Crippen molar-refractivity contribution in [1.82, 2.24) is 9.80 Å². The number of hydrogen-bond donors (Lipinski definition) is 1. The van der Waals surface area contributed by atoms with E-state index in [0.717, 1.165) is 50.7 Å². The van der Waals surface area contributed by atoms with Gasteiger partial charge in [0.2, 0.25) is 0 Å². The highest BCUT2D eigenvalue weighted by Gasteiger charge is 2.10. The lowest BCUT2D eigenvalue weighted by Crippen LogP contribution is -2.30. The van der Waals surface area contributed by atoms with Gasteiger partial charge in [0.15, 0.2) is 0 Å². The fourth-order valence-electron chi connectivity index (χ4n) is 3.88. The van der Waals surface area contributed by atoms with E-state index in [1.807, 2.05) is 6.92 Å². The van der Waals surface area contributed by atoms with Gasteiger partial charge in [0.05, 0.1) is 0 Å². The first-order chi connectivity index (χ1) is 14.4. The molecule has 3 nitrogen and oxygen atoms in total. The summed E-state index contributed by atoms with van der Waals surface area (Å²) in [6.45, 7) is 21.5. The molecule has 0 aliphatic carbocycles. The first-order valence-electron chi connectivity index (χ1n) is 11.4. The number of aryl methyl sites for hydroxylation is 1. The number of allylic oxidation sites excluding steroid dienone is 1. The van der Waals surface area contributed by atoms with Crippen LogP contribution in [-0.4, -0.2) is 36.0 Å². The molecule has 2 aromatic rings. The zero-order chi connectivity index (χ0) is 21.9. The first kappa shape index (κ1) is 24.2. The Labute approximate surface area is 184 Å². The highest BCUT2D eigenvalue weighted by molar-refractivity contribution is 5.48. The lowest BCUT2D eigenvalue weighted by atomic mass is 10.0. The predicted molar refractivity (Wildman–Crippen MR) is 132 cm³/mol. The molecule has 0 amide bonds.